The van der Waals surface area contributed by atoms with Crippen molar-refractivity contribution in [1.82, 2.24) is 0 Å². The number of benzene rings is 1. The third kappa shape index (κ3) is 12.4. The van der Waals surface area contributed by atoms with Gasteiger partial charge in [-0.05, 0) is 11.8 Å². The van der Waals surface area contributed by atoms with Crippen LogP contribution in [0.5, 0.6) is 11.5 Å². The predicted octanol–water partition coefficient (Wildman–Crippen LogP) is 10.3. The average Bonchev–Trinajstić information content (AvgIpc) is 2.85. The fourth-order valence-electron chi connectivity index (χ4n) is 6.07. The van der Waals surface area contributed by atoms with Gasteiger partial charge in [-0.1, -0.05) is 40.0 Å². The molecule has 0 radical (unpaired) electrons. The van der Waals surface area contributed by atoms with Gasteiger partial charge in [0.2, 0.25) is 0 Å². The molecule has 1 N–H and O–H groups in total. The Balaban J connectivity index is 1.76. The zero-order chi connectivity index (χ0) is 28.0. The van der Waals surface area contributed by atoms with Crippen LogP contribution in [0.1, 0.15) is 155 Å². The van der Waals surface area contributed by atoms with Gasteiger partial charge in [0.1, 0.15) is 0 Å². The Morgan fingerprint density at radius 1 is 0.868 bits per heavy atom. The molecule has 0 amide bonds. The summed E-state index contributed by atoms with van der Waals surface area (Å²) in [5.41, 5.74) is 2.41. The number of phenols is 1. The standard InChI is InChI=1S/C35H62O2Te/c1-8-9-10-11-12-13-25-38-34-30(6)33-31(26-32(34)36)22-24-35(7,37-33)23-16-21-29(5)20-15-19-28(4)18-14-17-27(2)3/h26-29,36H,8-25H2,1-7H3/t28-,29-,35-/m1/s1. The van der Waals surface area contributed by atoms with Crippen molar-refractivity contribution >= 4 is 24.5 Å². The molecule has 0 saturated heterocycles. The van der Waals surface area contributed by atoms with Gasteiger partial charge in [-0.25, -0.2) is 0 Å². The molecule has 3 heteroatoms. The van der Waals surface area contributed by atoms with Crippen molar-refractivity contribution in [2.24, 2.45) is 17.8 Å². The van der Waals surface area contributed by atoms with E-state index in [1.54, 1.807) is 0 Å². The molecule has 0 aliphatic carbocycles. The van der Waals surface area contributed by atoms with Crippen molar-refractivity contribution in [3.8, 4) is 11.5 Å². The number of aryl methyl sites for hydroxylation is 1. The Kier molecular flexibility index (Phi) is 16.1. The summed E-state index contributed by atoms with van der Waals surface area (Å²) in [6.07, 6.45) is 22.3. The Hall–Kier alpha value is -0.390. The van der Waals surface area contributed by atoms with Crippen LogP contribution in [0.3, 0.4) is 0 Å². The quantitative estimate of drug-likeness (QED) is 0.113. The average molecular weight is 642 g/mol. The molecule has 38 heavy (non-hydrogen) atoms. The molecule has 0 aromatic heterocycles. The van der Waals surface area contributed by atoms with Crippen LogP contribution < -0.4 is 8.35 Å². The first-order valence-corrected chi connectivity index (χ1v) is 19.1. The summed E-state index contributed by atoms with van der Waals surface area (Å²) in [5.74, 6) is 4.21. The van der Waals surface area contributed by atoms with Crippen LogP contribution in [0.2, 0.25) is 4.47 Å². The molecular weight excluding hydrogens is 580 g/mol. The molecule has 0 unspecified atom stereocenters. The molecule has 0 fully saturated rings. The zero-order valence-corrected chi connectivity index (χ0v) is 28.6. The van der Waals surface area contributed by atoms with Gasteiger partial charge in [-0.2, -0.15) is 0 Å². The molecule has 2 rings (SSSR count). The molecule has 2 nitrogen and oxygen atoms in total. The molecule has 220 valence electrons. The number of phenolic OH excluding ortho intramolecular Hbond substituents is 1. The normalized spacial score (nSPS) is 18.8. The van der Waals surface area contributed by atoms with E-state index in [2.05, 4.69) is 48.5 Å². The van der Waals surface area contributed by atoms with Crippen molar-refractivity contribution in [2.75, 3.05) is 0 Å². The number of ether oxygens (including phenoxy) is 1. The van der Waals surface area contributed by atoms with Gasteiger partial charge in [0.05, 0.1) is 0 Å². The number of rotatable bonds is 20. The first-order chi connectivity index (χ1) is 18.1. The molecule has 0 bridgehead atoms. The molecule has 3 atom stereocenters. The van der Waals surface area contributed by atoms with Crippen LogP contribution in [-0.2, 0) is 6.42 Å². The van der Waals surface area contributed by atoms with Crippen molar-refractivity contribution < 1.29 is 9.84 Å². The zero-order valence-electron chi connectivity index (χ0n) is 26.3. The third-order valence-electron chi connectivity index (χ3n) is 8.81. The topological polar surface area (TPSA) is 29.5 Å². The first-order valence-electron chi connectivity index (χ1n) is 16.3. The summed E-state index contributed by atoms with van der Waals surface area (Å²) in [4.78, 5) is 0. The van der Waals surface area contributed by atoms with E-state index in [1.807, 2.05) is 6.07 Å². The van der Waals surface area contributed by atoms with Crippen LogP contribution in [-0.4, -0.2) is 31.6 Å². The van der Waals surface area contributed by atoms with E-state index in [0.29, 0.717) is 5.75 Å². The minimum absolute atomic E-state index is 0.0590. The Morgan fingerprint density at radius 2 is 1.47 bits per heavy atom. The number of unbranched alkanes of at least 4 members (excludes halogenated alkanes) is 5. The van der Waals surface area contributed by atoms with Crippen LogP contribution in [0.15, 0.2) is 6.07 Å². The van der Waals surface area contributed by atoms with Crippen LogP contribution >= 0.6 is 0 Å². The molecule has 1 heterocycles. The molecule has 0 spiro atoms. The fourth-order valence-corrected chi connectivity index (χ4v) is 9.12. The van der Waals surface area contributed by atoms with Crippen LogP contribution in [0.4, 0.5) is 0 Å². The second kappa shape index (κ2) is 18.1. The van der Waals surface area contributed by atoms with Crippen molar-refractivity contribution in [3.05, 3.63) is 17.2 Å². The van der Waals surface area contributed by atoms with E-state index in [-0.39, 0.29) is 26.5 Å². The molecule has 1 aromatic carbocycles. The van der Waals surface area contributed by atoms with Gasteiger partial charge >= 0.3 is 197 Å². The number of hydrogen-bond donors (Lipinski definition) is 1. The molecule has 1 aromatic rings. The SMILES string of the molecule is CCCCCCCC[Te]c1c(O)cc2c(c1C)O[C@](C)(CCC[C@H](C)CCC[C@H](C)CCCC(C)C)CC2. The molecule has 1 aliphatic rings. The van der Waals surface area contributed by atoms with Crippen molar-refractivity contribution in [1.29, 1.82) is 0 Å². The minimum atomic E-state index is -0.364. The summed E-state index contributed by atoms with van der Waals surface area (Å²) >= 11 is -0.364. The van der Waals surface area contributed by atoms with E-state index in [4.69, 9.17) is 4.74 Å². The van der Waals surface area contributed by atoms with Gasteiger partial charge in [-0.15, -0.1) is 0 Å². The Morgan fingerprint density at radius 3 is 2.13 bits per heavy atom. The van der Waals surface area contributed by atoms with E-state index in [9.17, 15) is 5.11 Å². The first kappa shape index (κ1) is 33.8. The monoisotopic (exact) mass is 644 g/mol. The summed E-state index contributed by atoms with van der Waals surface area (Å²) in [6, 6.07) is 2.04. The predicted molar refractivity (Wildman–Crippen MR) is 168 cm³/mol. The maximum atomic E-state index is 10.8. The van der Waals surface area contributed by atoms with Gasteiger partial charge < -0.3 is 0 Å². The summed E-state index contributed by atoms with van der Waals surface area (Å²) < 4.78 is 9.31. The van der Waals surface area contributed by atoms with Crippen molar-refractivity contribution in [2.45, 2.75) is 168 Å². The third-order valence-corrected chi connectivity index (χ3v) is 12.5. The van der Waals surface area contributed by atoms with Crippen molar-refractivity contribution in [3.63, 3.8) is 0 Å². The number of fused-ring (bicyclic) bond motifs is 1. The molecule has 1 aliphatic heterocycles. The second-order valence-electron chi connectivity index (χ2n) is 13.4. The number of hydrogen-bond acceptors (Lipinski definition) is 2. The Bertz CT molecular complexity index is 789. The van der Waals surface area contributed by atoms with Crippen LogP contribution in [0, 0.1) is 24.7 Å². The molecular formula is C35H62O2Te. The number of aromatic hydroxyl groups is 1. The van der Waals surface area contributed by atoms with Gasteiger partial charge in [0.15, 0.2) is 0 Å². The summed E-state index contributed by atoms with van der Waals surface area (Å²) in [5, 5.41) is 10.8. The Labute approximate surface area is 247 Å². The maximum absolute atomic E-state index is 10.8. The fraction of sp³-hybridized carbons (Fsp3) is 0.829. The van der Waals surface area contributed by atoms with Gasteiger partial charge in [0, 0.05) is 0 Å². The van der Waals surface area contributed by atoms with Crippen LogP contribution in [0.25, 0.3) is 0 Å². The van der Waals surface area contributed by atoms with Gasteiger partial charge in [-0.3, -0.25) is 0 Å². The van der Waals surface area contributed by atoms with E-state index in [0.717, 1.165) is 42.8 Å². The van der Waals surface area contributed by atoms with E-state index >= 15 is 0 Å². The summed E-state index contributed by atoms with van der Waals surface area (Å²) in [6.45, 7) is 16.4. The molecule has 0 saturated carbocycles. The van der Waals surface area contributed by atoms with E-state index < -0.39 is 0 Å². The summed E-state index contributed by atoms with van der Waals surface area (Å²) in [7, 11) is 0. The second-order valence-corrected chi connectivity index (χ2v) is 16.5. The van der Waals surface area contributed by atoms with Gasteiger partial charge in [0.25, 0.3) is 0 Å². The van der Waals surface area contributed by atoms with E-state index in [1.165, 1.54) is 109 Å².